The number of piperidine rings is 1. The standard InChI is InChI=1S/C15H21F3N2O3S/c1-2-19-10-11-5-7-20(8-6-11)24(21,22)12-3-4-14(13(16)9-12)23-15(17)18/h3-4,9,11,15,19H,2,5-8,10H2,1H3. The Labute approximate surface area is 139 Å². The minimum Gasteiger partial charge on any atom is -0.432 e. The Bertz CT molecular complexity index is 647. The van der Waals surface area contributed by atoms with Crippen molar-refractivity contribution in [3.63, 3.8) is 0 Å². The number of nitrogens with one attached hydrogen (secondary N) is 1. The molecular weight excluding hydrogens is 345 g/mol. The summed E-state index contributed by atoms with van der Waals surface area (Å²) in [4.78, 5) is -0.258. The van der Waals surface area contributed by atoms with Crippen LogP contribution in [0.25, 0.3) is 0 Å². The summed E-state index contributed by atoms with van der Waals surface area (Å²) < 4.78 is 68.4. The van der Waals surface area contributed by atoms with Gasteiger partial charge in [-0.05, 0) is 50.0 Å². The molecule has 1 aromatic carbocycles. The second-order valence-electron chi connectivity index (χ2n) is 5.63. The summed E-state index contributed by atoms with van der Waals surface area (Å²) in [6.45, 7) is 1.27. The second-order valence-corrected chi connectivity index (χ2v) is 7.56. The van der Waals surface area contributed by atoms with Crippen LogP contribution in [0.5, 0.6) is 5.75 Å². The maximum atomic E-state index is 13.8. The summed E-state index contributed by atoms with van der Waals surface area (Å²) in [6.07, 6.45) is 1.45. The van der Waals surface area contributed by atoms with E-state index in [1.165, 1.54) is 4.31 Å². The smallest absolute Gasteiger partial charge is 0.387 e. The summed E-state index contributed by atoms with van der Waals surface area (Å²) in [5, 5.41) is 3.24. The second kappa shape index (κ2) is 8.17. The highest BCUT2D eigenvalue weighted by molar-refractivity contribution is 7.89. The molecule has 0 saturated carbocycles. The third-order valence-corrected chi connectivity index (χ3v) is 5.91. The van der Waals surface area contributed by atoms with Crippen LogP contribution in [-0.4, -0.2) is 45.5 Å². The molecule has 24 heavy (non-hydrogen) atoms. The van der Waals surface area contributed by atoms with Gasteiger partial charge < -0.3 is 10.1 Å². The molecule has 1 fully saturated rings. The molecule has 0 bridgehead atoms. The van der Waals surface area contributed by atoms with E-state index in [0.717, 1.165) is 44.1 Å². The minimum absolute atomic E-state index is 0.258. The lowest BCUT2D eigenvalue weighted by molar-refractivity contribution is -0.0522. The van der Waals surface area contributed by atoms with E-state index in [0.29, 0.717) is 19.0 Å². The van der Waals surface area contributed by atoms with Crippen LogP contribution < -0.4 is 10.1 Å². The number of alkyl halides is 2. The maximum Gasteiger partial charge on any atom is 0.387 e. The molecular formula is C15H21F3N2O3S. The molecule has 0 amide bonds. The van der Waals surface area contributed by atoms with E-state index in [9.17, 15) is 21.6 Å². The molecule has 1 aromatic rings. The Morgan fingerprint density at radius 1 is 1.33 bits per heavy atom. The van der Waals surface area contributed by atoms with E-state index in [1.54, 1.807) is 0 Å². The zero-order chi connectivity index (χ0) is 17.7. The first-order valence-corrected chi connectivity index (χ1v) is 9.23. The summed E-state index contributed by atoms with van der Waals surface area (Å²) in [6, 6.07) is 2.71. The first-order valence-electron chi connectivity index (χ1n) is 7.79. The van der Waals surface area contributed by atoms with Crippen LogP contribution in [0.1, 0.15) is 19.8 Å². The van der Waals surface area contributed by atoms with Crippen molar-refractivity contribution in [3.05, 3.63) is 24.0 Å². The van der Waals surface area contributed by atoms with Crippen molar-refractivity contribution in [1.82, 2.24) is 9.62 Å². The Hall–Kier alpha value is -1.32. The van der Waals surface area contributed by atoms with E-state index >= 15 is 0 Å². The van der Waals surface area contributed by atoms with Crippen LogP contribution in [0.3, 0.4) is 0 Å². The monoisotopic (exact) mass is 366 g/mol. The Morgan fingerprint density at radius 2 is 2.00 bits per heavy atom. The van der Waals surface area contributed by atoms with Gasteiger partial charge >= 0.3 is 6.61 Å². The number of benzene rings is 1. The third kappa shape index (κ3) is 4.61. The summed E-state index contributed by atoms with van der Waals surface area (Å²) in [5.41, 5.74) is 0. The van der Waals surface area contributed by atoms with Crippen LogP contribution in [0.2, 0.25) is 0 Å². The average molecular weight is 366 g/mol. The van der Waals surface area contributed by atoms with Crippen molar-refractivity contribution in [2.45, 2.75) is 31.3 Å². The van der Waals surface area contributed by atoms with Gasteiger partial charge in [-0.1, -0.05) is 6.92 Å². The molecule has 0 aromatic heterocycles. The van der Waals surface area contributed by atoms with Crippen LogP contribution in [0.15, 0.2) is 23.1 Å². The van der Waals surface area contributed by atoms with Gasteiger partial charge in [-0.3, -0.25) is 0 Å². The molecule has 1 heterocycles. The summed E-state index contributed by atoms with van der Waals surface area (Å²) in [7, 11) is -3.84. The molecule has 1 aliphatic heterocycles. The highest BCUT2D eigenvalue weighted by Gasteiger charge is 2.30. The fraction of sp³-hybridized carbons (Fsp3) is 0.600. The van der Waals surface area contributed by atoms with Crippen molar-refractivity contribution >= 4 is 10.0 Å². The van der Waals surface area contributed by atoms with Gasteiger partial charge in [0.1, 0.15) is 0 Å². The predicted molar refractivity (Wildman–Crippen MR) is 83.1 cm³/mol. The van der Waals surface area contributed by atoms with Crippen molar-refractivity contribution in [2.75, 3.05) is 26.2 Å². The number of nitrogens with zero attached hydrogens (tertiary/aromatic N) is 1. The van der Waals surface area contributed by atoms with Crippen LogP contribution in [0.4, 0.5) is 13.2 Å². The number of hydrogen-bond donors (Lipinski definition) is 1. The van der Waals surface area contributed by atoms with E-state index in [-0.39, 0.29) is 4.90 Å². The Morgan fingerprint density at radius 3 is 2.54 bits per heavy atom. The summed E-state index contributed by atoms with van der Waals surface area (Å²) in [5.74, 6) is -1.39. The third-order valence-electron chi connectivity index (χ3n) is 4.01. The van der Waals surface area contributed by atoms with Gasteiger partial charge in [0.05, 0.1) is 4.90 Å². The van der Waals surface area contributed by atoms with Gasteiger partial charge in [-0.2, -0.15) is 13.1 Å². The van der Waals surface area contributed by atoms with Crippen LogP contribution in [0, 0.1) is 11.7 Å². The molecule has 1 aliphatic rings. The van der Waals surface area contributed by atoms with E-state index in [4.69, 9.17) is 0 Å². The predicted octanol–water partition coefficient (Wildman–Crippen LogP) is 2.44. The van der Waals surface area contributed by atoms with Crippen molar-refractivity contribution in [1.29, 1.82) is 0 Å². The number of hydrogen-bond acceptors (Lipinski definition) is 4. The normalized spacial score (nSPS) is 17.4. The van der Waals surface area contributed by atoms with Gasteiger partial charge in [0.25, 0.3) is 0 Å². The minimum atomic E-state index is -3.84. The number of halogens is 3. The molecule has 9 heteroatoms. The zero-order valence-corrected chi connectivity index (χ0v) is 14.2. The lowest BCUT2D eigenvalue weighted by atomic mass is 9.98. The molecule has 0 unspecified atom stereocenters. The molecule has 0 radical (unpaired) electrons. The fourth-order valence-corrected chi connectivity index (χ4v) is 4.17. The van der Waals surface area contributed by atoms with Gasteiger partial charge in [0.15, 0.2) is 11.6 Å². The average Bonchev–Trinajstić information content (AvgIpc) is 2.54. The SMILES string of the molecule is CCNCC1CCN(S(=O)(=O)c2ccc(OC(F)F)c(F)c2)CC1. The Balaban J connectivity index is 2.07. The molecule has 0 spiro atoms. The lowest BCUT2D eigenvalue weighted by Gasteiger charge is -2.31. The van der Waals surface area contributed by atoms with Gasteiger partial charge in [-0.25, -0.2) is 12.8 Å². The molecule has 5 nitrogen and oxygen atoms in total. The van der Waals surface area contributed by atoms with Gasteiger partial charge in [0, 0.05) is 13.1 Å². The molecule has 136 valence electrons. The summed E-state index contributed by atoms with van der Waals surface area (Å²) >= 11 is 0. The molecule has 1 saturated heterocycles. The molecule has 0 atom stereocenters. The molecule has 1 N–H and O–H groups in total. The number of ether oxygens (including phenoxy) is 1. The van der Waals surface area contributed by atoms with Crippen molar-refractivity contribution < 1.29 is 26.3 Å². The maximum absolute atomic E-state index is 13.8. The first-order chi connectivity index (χ1) is 11.3. The highest BCUT2D eigenvalue weighted by Crippen LogP contribution is 2.27. The van der Waals surface area contributed by atoms with E-state index < -0.39 is 28.2 Å². The highest BCUT2D eigenvalue weighted by atomic mass is 32.2. The largest absolute Gasteiger partial charge is 0.432 e. The number of rotatable bonds is 7. The van der Waals surface area contributed by atoms with E-state index in [1.807, 2.05) is 6.92 Å². The van der Waals surface area contributed by atoms with Crippen LogP contribution in [-0.2, 0) is 10.0 Å². The van der Waals surface area contributed by atoms with Gasteiger partial charge in [0.2, 0.25) is 10.0 Å². The van der Waals surface area contributed by atoms with Crippen molar-refractivity contribution in [3.8, 4) is 5.75 Å². The van der Waals surface area contributed by atoms with E-state index in [2.05, 4.69) is 10.1 Å². The van der Waals surface area contributed by atoms with Gasteiger partial charge in [-0.15, -0.1) is 0 Å². The molecule has 0 aliphatic carbocycles. The fourth-order valence-electron chi connectivity index (χ4n) is 2.68. The van der Waals surface area contributed by atoms with Crippen molar-refractivity contribution in [2.24, 2.45) is 5.92 Å². The Kier molecular flexibility index (Phi) is 6.47. The first kappa shape index (κ1) is 19.0. The molecule has 2 rings (SSSR count). The quantitative estimate of drug-likeness (QED) is 0.805. The zero-order valence-electron chi connectivity index (χ0n) is 13.3. The topological polar surface area (TPSA) is 58.6 Å². The number of sulfonamides is 1. The van der Waals surface area contributed by atoms with Crippen LogP contribution >= 0.6 is 0 Å². The lowest BCUT2D eigenvalue weighted by Crippen LogP contribution is -2.40.